The summed E-state index contributed by atoms with van der Waals surface area (Å²) >= 11 is 0. The van der Waals surface area contributed by atoms with Crippen LogP contribution in [-0.4, -0.2) is 64.0 Å². The van der Waals surface area contributed by atoms with Crippen molar-refractivity contribution in [3.63, 3.8) is 0 Å². The molecule has 0 aromatic carbocycles. The van der Waals surface area contributed by atoms with Crippen LogP contribution in [0.15, 0.2) is 12.4 Å². The van der Waals surface area contributed by atoms with E-state index in [-0.39, 0.29) is 23.7 Å². The van der Waals surface area contributed by atoms with Gasteiger partial charge in [-0.1, -0.05) is 0 Å². The monoisotopic (exact) mass is 408 g/mol. The molecule has 0 bridgehead atoms. The van der Waals surface area contributed by atoms with Crippen LogP contribution in [0.25, 0.3) is 11.2 Å². The zero-order chi connectivity index (χ0) is 20.7. The first-order chi connectivity index (χ1) is 14.6. The van der Waals surface area contributed by atoms with Gasteiger partial charge in [-0.2, -0.15) is 5.26 Å². The molecule has 2 aliphatic heterocycles. The number of carbonyl (C=O) groups is 2. The van der Waals surface area contributed by atoms with Crippen LogP contribution in [0.1, 0.15) is 47.7 Å². The highest BCUT2D eigenvalue weighted by atomic mass is 16.5. The van der Waals surface area contributed by atoms with Crippen LogP contribution in [0.5, 0.6) is 0 Å². The highest BCUT2D eigenvalue weighted by molar-refractivity contribution is 6.06. The quantitative estimate of drug-likeness (QED) is 0.769. The molecule has 9 heteroatoms. The summed E-state index contributed by atoms with van der Waals surface area (Å²) in [6.07, 6.45) is 7.01. The summed E-state index contributed by atoms with van der Waals surface area (Å²) in [6.45, 7) is 2.01. The maximum Gasteiger partial charge on any atom is 0.255 e. The normalized spacial score (nSPS) is 21.1. The molecule has 2 aromatic heterocycles. The summed E-state index contributed by atoms with van der Waals surface area (Å²) in [7, 11) is 0. The van der Waals surface area contributed by atoms with Gasteiger partial charge >= 0.3 is 0 Å². The number of amides is 2. The zero-order valence-electron chi connectivity index (χ0n) is 16.6. The molecule has 9 nitrogen and oxygen atoms in total. The minimum absolute atomic E-state index is 0.00894. The maximum absolute atomic E-state index is 13.2. The number of fused-ring (bicyclic) bond motifs is 1. The predicted molar refractivity (Wildman–Crippen MR) is 106 cm³/mol. The number of likely N-dealkylation sites (tertiary alicyclic amines) is 1. The third kappa shape index (κ3) is 3.52. The van der Waals surface area contributed by atoms with Gasteiger partial charge in [0.25, 0.3) is 5.91 Å². The summed E-state index contributed by atoms with van der Waals surface area (Å²) < 4.78 is 5.44. The number of rotatable bonds is 5. The average Bonchev–Trinajstić information content (AvgIpc) is 3.50. The fraction of sp³-hybridized carbons (Fsp3) is 0.571. The number of nitrogens with one attached hydrogen (secondary N) is 2. The predicted octanol–water partition coefficient (Wildman–Crippen LogP) is 1.34. The van der Waals surface area contributed by atoms with E-state index < -0.39 is 6.04 Å². The van der Waals surface area contributed by atoms with Gasteiger partial charge in [0.1, 0.15) is 11.6 Å². The average molecular weight is 408 g/mol. The molecule has 3 aliphatic rings. The number of aromatic nitrogens is 3. The number of H-pyrrole nitrogens is 1. The van der Waals surface area contributed by atoms with Gasteiger partial charge in [-0.3, -0.25) is 9.59 Å². The molecule has 0 unspecified atom stereocenters. The van der Waals surface area contributed by atoms with Crippen molar-refractivity contribution >= 4 is 23.0 Å². The molecule has 0 spiro atoms. The molecular weight excluding hydrogens is 384 g/mol. The van der Waals surface area contributed by atoms with E-state index in [0.29, 0.717) is 61.8 Å². The fourth-order valence-electron chi connectivity index (χ4n) is 4.24. The lowest BCUT2D eigenvalue weighted by atomic mass is 9.89. The van der Waals surface area contributed by atoms with Crippen molar-refractivity contribution in [2.75, 3.05) is 26.3 Å². The van der Waals surface area contributed by atoms with E-state index >= 15 is 0 Å². The number of ether oxygens (including phenoxy) is 1. The molecule has 1 saturated carbocycles. The van der Waals surface area contributed by atoms with Crippen LogP contribution in [-0.2, 0) is 9.53 Å². The second kappa shape index (κ2) is 7.69. The minimum atomic E-state index is -0.634. The molecule has 1 aliphatic carbocycles. The van der Waals surface area contributed by atoms with Crippen LogP contribution in [0, 0.1) is 23.2 Å². The van der Waals surface area contributed by atoms with E-state index in [1.165, 1.54) is 0 Å². The topological polar surface area (TPSA) is 124 Å². The van der Waals surface area contributed by atoms with Crippen LogP contribution in [0.3, 0.4) is 0 Å². The van der Waals surface area contributed by atoms with Crippen LogP contribution >= 0.6 is 0 Å². The van der Waals surface area contributed by atoms with Crippen molar-refractivity contribution < 1.29 is 14.3 Å². The van der Waals surface area contributed by atoms with Gasteiger partial charge in [-0.25, -0.2) is 9.97 Å². The van der Waals surface area contributed by atoms with E-state index in [4.69, 9.17) is 10.00 Å². The Balaban J connectivity index is 1.38. The summed E-state index contributed by atoms with van der Waals surface area (Å²) in [5.41, 5.74) is 2.43. The van der Waals surface area contributed by atoms with E-state index in [0.717, 1.165) is 18.5 Å². The molecule has 0 radical (unpaired) electrons. The van der Waals surface area contributed by atoms with Gasteiger partial charge < -0.3 is 19.9 Å². The first kappa shape index (κ1) is 19.0. The third-order valence-corrected chi connectivity index (χ3v) is 6.31. The summed E-state index contributed by atoms with van der Waals surface area (Å²) in [5.74, 6) is -0.125. The molecule has 1 atom stereocenters. The number of carbonyl (C=O) groups excluding carboxylic acids is 2. The lowest BCUT2D eigenvalue weighted by Crippen LogP contribution is -2.59. The number of nitriles is 1. The van der Waals surface area contributed by atoms with Gasteiger partial charge in [0.2, 0.25) is 5.91 Å². The molecule has 156 valence electrons. The lowest BCUT2D eigenvalue weighted by molar-refractivity contribution is -0.140. The van der Waals surface area contributed by atoms with E-state index in [1.807, 2.05) is 0 Å². The smallest absolute Gasteiger partial charge is 0.255 e. The van der Waals surface area contributed by atoms with E-state index in [9.17, 15) is 9.59 Å². The molecule has 2 amide bonds. The Morgan fingerprint density at radius 2 is 2.03 bits per heavy atom. The summed E-state index contributed by atoms with van der Waals surface area (Å²) in [4.78, 5) is 40.0. The first-order valence-corrected chi connectivity index (χ1v) is 10.5. The first-order valence-electron chi connectivity index (χ1n) is 10.5. The van der Waals surface area contributed by atoms with Gasteiger partial charge in [0.05, 0.1) is 29.4 Å². The van der Waals surface area contributed by atoms with Crippen molar-refractivity contribution in [2.24, 2.45) is 11.8 Å². The molecule has 2 aromatic rings. The molecule has 2 N–H and O–H groups in total. The van der Waals surface area contributed by atoms with Gasteiger partial charge in [-0.15, -0.1) is 0 Å². The van der Waals surface area contributed by atoms with Crippen LogP contribution in [0.2, 0.25) is 0 Å². The molecule has 3 fully saturated rings. The number of aromatic amines is 1. The van der Waals surface area contributed by atoms with Gasteiger partial charge in [0, 0.05) is 38.4 Å². The van der Waals surface area contributed by atoms with Crippen molar-refractivity contribution in [1.29, 1.82) is 5.26 Å². The number of hydrogen-bond donors (Lipinski definition) is 2. The Hall–Kier alpha value is -2.99. The minimum Gasteiger partial charge on any atom is -0.381 e. The molecule has 5 rings (SSSR count). The van der Waals surface area contributed by atoms with E-state index in [2.05, 4.69) is 26.3 Å². The molecule has 4 heterocycles. The van der Waals surface area contributed by atoms with Gasteiger partial charge in [-0.05, 0) is 31.6 Å². The number of nitrogens with zero attached hydrogens (tertiary/aromatic N) is 4. The largest absolute Gasteiger partial charge is 0.381 e. The standard InChI is InChI=1S/C21H24N6O3/c22-7-12-10-27(11-12)21(29)17(14-3-5-30-6-4-14)26-20(28)15-8-23-19-18(15)25-16(9-24-19)13-1-2-13/h8-9,12-14,17H,1-6,10-11H2,(H,23,24)(H,26,28)/t17-/m0/s1. The lowest BCUT2D eigenvalue weighted by Gasteiger charge is -2.40. The SMILES string of the molecule is N#CC1CN(C(=O)[C@@H](NC(=O)c2c[nH]c3ncc(C4CC4)nc23)C2CCOCC2)C1. The summed E-state index contributed by atoms with van der Waals surface area (Å²) in [6, 6.07) is 1.55. The Morgan fingerprint density at radius 3 is 2.73 bits per heavy atom. The Morgan fingerprint density at radius 1 is 1.27 bits per heavy atom. The highest BCUT2D eigenvalue weighted by Gasteiger charge is 2.39. The maximum atomic E-state index is 13.2. The molecular formula is C21H24N6O3. The van der Waals surface area contributed by atoms with Crippen molar-refractivity contribution in [3.05, 3.63) is 23.7 Å². The highest BCUT2D eigenvalue weighted by Crippen LogP contribution is 2.39. The fourth-order valence-corrected chi connectivity index (χ4v) is 4.24. The Kier molecular flexibility index (Phi) is 4.87. The molecule has 30 heavy (non-hydrogen) atoms. The van der Waals surface area contributed by atoms with E-state index in [1.54, 1.807) is 17.3 Å². The zero-order valence-corrected chi connectivity index (χ0v) is 16.6. The number of hydrogen-bond acceptors (Lipinski definition) is 6. The second-order valence-electron chi connectivity index (χ2n) is 8.44. The Bertz CT molecular complexity index is 1010. The van der Waals surface area contributed by atoms with Crippen molar-refractivity contribution in [2.45, 2.75) is 37.6 Å². The third-order valence-electron chi connectivity index (χ3n) is 6.31. The Labute approximate surface area is 173 Å². The van der Waals surface area contributed by atoms with Crippen molar-refractivity contribution in [1.82, 2.24) is 25.2 Å². The van der Waals surface area contributed by atoms with Crippen molar-refractivity contribution in [3.8, 4) is 6.07 Å². The van der Waals surface area contributed by atoms with Crippen LogP contribution in [0.4, 0.5) is 0 Å². The van der Waals surface area contributed by atoms with Gasteiger partial charge in [0.15, 0.2) is 5.65 Å². The second-order valence-corrected chi connectivity index (χ2v) is 8.44. The van der Waals surface area contributed by atoms with Crippen LogP contribution < -0.4 is 5.32 Å². The molecule has 2 saturated heterocycles. The summed E-state index contributed by atoms with van der Waals surface area (Å²) in [5, 5.41) is 12.0.